The van der Waals surface area contributed by atoms with Crippen molar-refractivity contribution in [1.29, 1.82) is 0 Å². The van der Waals surface area contributed by atoms with Gasteiger partial charge in [-0.05, 0) is 19.1 Å². The van der Waals surface area contributed by atoms with Crippen LogP contribution >= 0.6 is 15.9 Å². The van der Waals surface area contributed by atoms with Crippen LogP contribution in [0.5, 0.6) is 5.75 Å². The lowest BCUT2D eigenvalue weighted by Crippen LogP contribution is -2.32. The fourth-order valence-electron chi connectivity index (χ4n) is 1.12. The molecule has 0 radical (unpaired) electrons. The van der Waals surface area contributed by atoms with Crippen molar-refractivity contribution in [2.24, 2.45) is 0 Å². The Hall–Kier alpha value is -1.28. The van der Waals surface area contributed by atoms with Crippen LogP contribution < -0.4 is 9.46 Å². The molecule has 18 heavy (non-hydrogen) atoms. The molecule has 100 valence electrons. The summed E-state index contributed by atoms with van der Waals surface area (Å²) in [6.07, 6.45) is 0. The number of benzene rings is 1. The van der Waals surface area contributed by atoms with Crippen LogP contribution in [0.1, 0.15) is 6.92 Å². The molecule has 1 aromatic rings. The number of ether oxygens (including phenoxy) is 1. The molecule has 0 spiro atoms. The lowest BCUT2D eigenvalue weighted by Gasteiger charge is -2.12. The Balaban J connectivity index is 3.04. The largest absolute Gasteiger partial charge is 0.497 e. The van der Waals surface area contributed by atoms with Crippen LogP contribution in [-0.4, -0.2) is 31.9 Å². The molecular formula is C10H12BrNO5S. The van der Waals surface area contributed by atoms with Crippen LogP contribution in [0.25, 0.3) is 0 Å². The van der Waals surface area contributed by atoms with Crippen molar-refractivity contribution >= 4 is 37.6 Å². The van der Waals surface area contributed by atoms with Crippen LogP contribution in [0.4, 0.5) is 5.69 Å². The zero-order chi connectivity index (χ0) is 13.9. The van der Waals surface area contributed by atoms with Crippen LogP contribution in [0, 0.1) is 0 Å². The second kappa shape index (κ2) is 5.57. The standard InChI is InChI=1S/C10H12BrNO5S/c1-6(10(13)14)18(15,16)12-8-3-7(11)4-9(5-8)17-2/h3-6,12H,1-2H3,(H,13,14). The number of hydrogen-bond acceptors (Lipinski definition) is 4. The molecule has 0 aliphatic heterocycles. The molecule has 0 fully saturated rings. The lowest BCUT2D eigenvalue weighted by molar-refractivity contribution is -0.136. The number of nitrogens with one attached hydrogen (secondary N) is 1. The Morgan fingerprint density at radius 1 is 1.44 bits per heavy atom. The molecule has 1 atom stereocenters. The summed E-state index contributed by atoms with van der Waals surface area (Å²) < 4.78 is 31.2. The SMILES string of the molecule is COc1cc(Br)cc(NS(=O)(=O)C(C)C(=O)O)c1. The number of anilines is 1. The van der Waals surface area contributed by atoms with Gasteiger partial charge in [0.05, 0.1) is 12.8 Å². The first kappa shape index (κ1) is 14.8. The number of hydrogen-bond donors (Lipinski definition) is 2. The molecule has 0 heterocycles. The second-order valence-electron chi connectivity index (χ2n) is 3.51. The minimum absolute atomic E-state index is 0.231. The van der Waals surface area contributed by atoms with Gasteiger partial charge in [0.25, 0.3) is 0 Å². The number of aliphatic carboxylic acids is 1. The third kappa shape index (κ3) is 3.61. The molecule has 0 saturated carbocycles. The molecule has 1 unspecified atom stereocenters. The predicted molar refractivity (Wildman–Crippen MR) is 70.3 cm³/mol. The smallest absolute Gasteiger partial charge is 0.323 e. The first-order valence-corrected chi connectivity index (χ1v) is 7.19. The summed E-state index contributed by atoms with van der Waals surface area (Å²) in [6.45, 7) is 1.10. The summed E-state index contributed by atoms with van der Waals surface area (Å²) in [4.78, 5) is 10.7. The summed E-state index contributed by atoms with van der Waals surface area (Å²) >= 11 is 3.20. The van der Waals surface area contributed by atoms with E-state index in [1.165, 1.54) is 19.2 Å². The molecule has 1 aromatic carbocycles. The maximum absolute atomic E-state index is 11.7. The Kier molecular flexibility index (Phi) is 4.58. The molecule has 2 N–H and O–H groups in total. The minimum Gasteiger partial charge on any atom is -0.497 e. The predicted octanol–water partition coefficient (Wildman–Crippen LogP) is 1.67. The zero-order valence-electron chi connectivity index (χ0n) is 9.68. The number of sulfonamides is 1. The first-order chi connectivity index (χ1) is 8.26. The number of carboxylic acid groups (broad SMARTS) is 1. The number of carboxylic acids is 1. The van der Waals surface area contributed by atoms with Gasteiger partial charge in [-0.3, -0.25) is 9.52 Å². The molecule has 0 aliphatic rings. The topological polar surface area (TPSA) is 92.7 Å². The molecular weight excluding hydrogens is 326 g/mol. The minimum atomic E-state index is -3.98. The van der Waals surface area contributed by atoms with Gasteiger partial charge in [0, 0.05) is 10.5 Å². The lowest BCUT2D eigenvalue weighted by atomic mass is 10.3. The van der Waals surface area contributed by atoms with E-state index in [9.17, 15) is 13.2 Å². The first-order valence-electron chi connectivity index (χ1n) is 4.85. The number of methoxy groups -OCH3 is 1. The van der Waals surface area contributed by atoms with Crippen molar-refractivity contribution in [3.8, 4) is 5.75 Å². The van der Waals surface area contributed by atoms with Gasteiger partial charge in [0.1, 0.15) is 5.75 Å². The molecule has 0 aromatic heterocycles. The van der Waals surface area contributed by atoms with Crippen molar-refractivity contribution in [1.82, 2.24) is 0 Å². The normalized spacial score (nSPS) is 12.8. The number of carbonyl (C=O) groups is 1. The van der Waals surface area contributed by atoms with Crippen LogP contribution in [0.2, 0.25) is 0 Å². The van der Waals surface area contributed by atoms with Crippen molar-refractivity contribution in [3.63, 3.8) is 0 Å². The average Bonchev–Trinajstić information content (AvgIpc) is 2.26. The van der Waals surface area contributed by atoms with E-state index in [2.05, 4.69) is 20.7 Å². The van der Waals surface area contributed by atoms with Crippen LogP contribution in [0.15, 0.2) is 22.7 Å². The van der Waals surface area contributed by atoms with E-state index in [-0.39, 0.29) is 5.69 Å². The van der Waals surface area contributed by atoms with E-state index in [4.69, 9.17) is 9.84 Å². The van der Waals surface area contributed by atoms with Crippen LogP contribution in [0.3, 0.4) is 0 Å². The number of halogens is 1. The van der Waals surface area contributed by atoms with Gasteiger partial charge in [0.2, 0.25) is 10.0 Å². The summed E-state index contributed by atoms with van der Waals surface area (Å²) in [5, 5.41) is 7.16. The molecule has 8 heteroatoms. The van der Waals surface area contributed by atoms with E-state index < -0.39 is 21.2 Å². The van der Waals surface area contributed by atoms with Gasteiger partial charge < -0.3 is 9.84 Å². The van der Waals surface area contributed by atoms with Gasteiger partial charge >= 0.3 is 5.97 Å². The van der Waals surface area contributed by atoms with Crippen molar-refractivity contribution < 1.29 is 23.1 Å². The third-order valence-corrected chi connectivity index (χ3v) is 4.29. The Morgan fingerprint density at radius 3 is 2.56 bits per heavy atom. The highest BCUT2D eigenvalue weighted by Crippen LogP contribution is 2.25. The molecule has 0 saturated heterocycles. The Morgan fingerprint density at radius 2 is 2.06 bits per heavy atom. The van der Waals surface area contributed by atoms with E-state index in [1.807, 2.05) is 0 Å². The van der Waals surface area contributed by atoms with Crippen molar-refractivity contribution in [3.05, 3.63) is 22.7 Å². The summed E-state index contributed by atoms with van der Waals surface area (Å²) in [5.41, 5.74) is 0.231. The van der Waals surface area contributed by atoms with Gasteiger partial charge in [0.15, 0.2) is 5.25 Å². The quantitative estimate of drug-likeness (QED) is 0.852. The molecule has 6 nitrogen and oxygen atoms in total. The van der Waals surface area contributed by atoms with Gasteiger partial charge in [-0.15, -0.1) is 0 Å². The molecule has 0 amide bonds. The van der Waals surface area contributed by atoms with Gasteiger partial charge in [-0.25, -0.2) is 8.42 Å². The van der Waals surface area contributed by atoms with E-state index in [1.54, 1.807) is 6.07 Å². The van der Waals surface area contributed by atoms with Crippen LogP contribution in [-0.2, 0) is 14.8 Å². The van der Waals surface area contributed by atoms with E-state index in [0.717, 1.165) is 6.92 Å². The van der Waals surface area contributed by atoms with Gasteiger partial charge in [-0.1, -0.05) is 15.9 Å². The maximum Gasteiger partial charge on any atom is 0.323 e. The molecule has 1 rings (SSSR count). The van der Waals surface area contributed by atoms with Gasteiger partial charge in [-0.2, -0.15) is 0 Å². The summed E-state index contributed by atoms with van der Waals surface area (Å²) in [7, 11) is -2.54. The third-order valence-electron chi connectivity index (χ3n) is 2.18. The highest BCUT2D eigenvalue weighted by atomic mass is 79.9. The van der Waals surface area contributed by atoms with Crippen molar-refractivity contribution in [2.45, 2.75) is 12.2 Å². The monoisotopic (exact) mass is 337 g/mol. The fraction of sp³-hybridized carbons (Fsp3) is 0.300. The van der Waals surface area contributed by atoms with E-state index in [0.29, 0.717) is 10.2 Å². The average molecular weight is 338 g/mol. The number of rotatable bonds is 5. The summed E-state index contributed by atoms with van der Waals surface area (Å²) in [5.74, 6) is -0.963. The highest BCUT2D eigenvalue weighted by molar-refractivity contribution is 9.10. The second-order valence-corrected chi connectivity index (χ2v) is 6.42. The molecule has 0 aliphatic carbocycles. The van der Waals surface area contributed by atoms with Crippen molar-refractivity contribution in [2.75, 3.05) is 11.8 Å². The molecule has 0 bridgehead atoms. The Labute approximate surface area is 113 Å². The zero-order valence-corrected chi connectivity index (χ0v) is 12.1. The highest BCUT2D eigenvalue weighted by Gasteiger charge is 2.27. The Bertz CT molecular complexity index is 557. The van der Waals surface area contributed by atoms with E-state index >= 15 is 0 Å². The maximum atomic E-state index is 11.7. The summed E-state index contributed by atoms with van der Waals surface area (Å²) in [6, 6.07) is 4.62. The fourth-order valence-corrected chi connectivity index (χ4v) is 2.49.